The average molecular weight is 286 g/mol. The van der Waals surface area contributed by atoms with Crippen molar-refractivity contribution in [3.63, 3.8) is 0 Å². The van der Waals surface area contributed by atoms with Gasteiger partial charge < -0.3 is 14.9 Å². The Morgan fingerprint density at radius 2 is 2.05 bits per heavy atom. The SMILES string of the molecule is CCN(CC)c1nc(Cl)nc(N2CCC(CO)C2)n1. The van der Waals surface area contributed by atoms with Gasteiger partial charge in [0.15, 0.2) is 0 Å². The zero-order valence-electron chi connectivity index (χ0n) is 11.4. The smallest absolute Gasteiger partial charge is 0.231 e. The number of halogens is 1. The lowest BCUT2D eigenvalue weighted by Crippen LogP contribution is -2.28. The number of anilines is 2. The van der Waals surface area contributed by atoms with Gasteiger partial charge in [-0.15, -0.1) is 0 Å². The van der Waals surface area contributed by atoms with E-state index in [1.54, 1.807) is 0 Å². The first-order chi connectivity index (χ1) is 9.17. The number of aliphatic hydroxyl groups is 1. The second-order valence-electron chi connectivity index (χ2n) is 4.66. The molecule has 0 bridgehead atoms. The van der Waals surface area contributed by atoms with E-state index in [2.05, 4.69) is 33.7 Å². The third-order valence-corrected chi connectivity index (χ3v) is 3.63. The van der Waals surface area contributed by atoms with E-state index >= 15 is 0 Å². The summed E-state index contributed by atoms with van der Waals surface area (Å²) in [6.07, 6.45) is 0.959. The molecule has 1 atom stereocenters. The maximum atomic E-state index is 9.19. The largest absolute Gasteiger partial charge is 0.396 e. The van der Waals surface area contributed by atoms with Crippen molar-refractivity contribution >= 4 is 23.5 Å². The van der Waals surface area contributed by atoms with Crippen LogP contribution < -0.4 is 9.80 Å². The summed E-state index contributed by atoms with van der Waals surface area (Å²) < 4.78 is 0. The normalized spacial score (nSPS) is 18.9. The van der Waals surface area contributed by atoms with Crippen LogP contribution in [0.3, 0.4) is 0 Å². The zero-order valence-corrected chi connectivity index (χ0v) is 12.1. The van der Waals surface area contributed by atoms with Gasteiger partial charge in [-0.1, -0.05) is 0 Å². The van der Waals surface area contributed by atoms with E-state index in [0.29, 0.717) is 17.8 Å². The van der Waals surface area contributed by atoms with E-state index < -0.39 is 0 Å². The van der Waals surface area contributed by atoms with Gasteiger partial charge in [-0.05, 0) is 31.9 Å². The van der Waals surface area contributed by atoms with Crippen molar-refractivity contribution in [3.8, 4) is 0 Å². The summed E-state index contributed by atoms with van der Waals surface area (Å²) in [4.78, 5) is 17.0. The molecule has 6 nitrogen and oxygen atoms in total. The Bertz CT molecular complexity index is 427. The molecular formula is C12H20ClN5O. The molecule has 0 spiro atoms. The molecule has 1 N–H and O–H groups in total. The van der Waals surface area contributed by atoms with Crippen molar-refractivity contribution < 1.29 is 5.11 Å². The van der Waals surface area contributed by atoms with Crippen LogP contribution in [0.25, 0.3) is 0 Å². The Morgan fingerprint density at radius 1 is 1.32 bits per heavy atom. The second kappa shape index (κ2) is 6.34. The van der Waals surface area contributed by atoms with E-state index in [4.69, 9.17) is 11.6 Å². The standard InChI is InChI=1S/C12H20ClN5O/c1-3-17(4-2)11-14-10(13)15-12(16-11)18-6-5-9(7-18)8-19/h9,19H,3-8H2,1-2H3. The van der Waals surface area contributed by atoms with Gasteiger partial charge in [-0.3, -0.25) is 0 Å². The molecule has 1 aliphatic heterocycles. The number of nitrogens with zero attached hydrogens (tertiary/aromatic N) is 5. The first-order valence-electron chi connectivity index (χ1n) is 6.70. The minimum atomic E-state index is 0.207. The molecule has 1 unspecified atom stereocenters. The molecule has 19 heavy (non-hydrogen) atoms. The summed E-state index contributed by atoms with van der Waals surface area (Å²) in [5, 5.41) is 9.41. The molecule has 0 saturated carbocycles. The van der Waals surface area contributed by atoms with Crippen molar-refractivity contribution in [1.82, 2.24) is 15.0 Å². The van der Waals surface area contributed by atoms with Crippen LogP contribution in [0.5, 0.6) is 0 Å². The highest BCUT2D eigenvalue weighted by molar-refractivity contribution is 6.28. The third kappa shape index (κ3) is 3.25. The Balaban J connectivity index is 2.22. The van der Waals surface area contributed by atoms with Gasteiger partial charge in [-0.25, -0.2) is 0 Å². The maximum absolute atomic E-state index is 9.19. The lowest BCUT2D eigenvalue weighted by Gasteiger charge is -2.21. The van der Waals surface area contributed by atoms with E-state index in [9.17, 15) is 5.11 Å². The molecule has 1 aromatic heterocycles. The quantitative estimate of drug-likeness (QED) is 0.877. The summed E-state index contributed by atoms with van der Waals surface area (Å²) in [6.45, 7) is 7.60. The van der Waals surface area contributed by atoms with E-state index in [0.717, 1.165) is 32.6 Å². The van der Waals surface area contributed by atoms with Crippen molar-refractivity contribution in [3.05, 3.63) is 5.28 Å². The topological polar surface area (TPSA) is 65.4 Å². The average Bonchev–Trinajstić information content (AvgIpc) is 2.88. The summed E-state index contributed by atoms with van der Waals surface area (Å²) in [5.74, 6) is 1.53. The minimum Gasteiger partial charge on any atom is -0.396 e. The van der Waals surface area contributed by atoms with Crippen molar-refractivity contribution in [2.45, 2.75) is 20.3 Å². The van der Waals surface area contributed by atoms with Gasteiger partial charge in [-0.2, -0.15) is 15.0 Å². The fraction of sp³-hybridized carbons (Fsp3) is 0.750. The van der Waals surface area contributed by atoms with Gasteiger partial charge in [0.1, 0.15) is 0 Å². The van der Waals surface area contributed by atoms with Crippen molar-refractivity contribution in [2.75, 3.05) is 42.6 Å². The molecule has 0 aromatic carbocycles. The van der Waals surface area contributed by atoms with Gasteiger partial charge >= 0.3 is 0 Å². The van der Waals surface area contributed by atoms with Crippen LogP contribution in [0.15, 0.2) is 0 Å². The molecule has 7 heteroatoms. The predicted molar refractivity (Wildman–Crippen MR) is 75.8 cm³/mol. The molecule has 0 amide bonds. The van der Waals surface area contributed by atoms with Crippen molar-refractivity contribution in [2.24, 2.45) is 5.92 Å². The van der Waals surface area contributed by atoms with Crippen LogP contribution in [-0.4, -0.2) is 52.8 Å². The monoisotopic (exact) mass is 285 g/mol. The Morgan fingerprint density at radius 3 is 2.63 bits per heavy atom. The molecule has 2 rings (SSSR count). The fourth-order valence-corrected chi connectivity index (χ4v) is 2.43. The number of hydrogen-bond donors (Lipinski definition) is 1. The van der Waals surface area contributed by atoms with Gasteiger partial charge in [0, 0.05) is 38.7 Å². The number of rotatable bonds is 5. The summed E-state index contributed by atoms with van der Waals surface area (Å²) in [5.41, 5.74) is 0. The molecule has 1 saturated heterocycles. The summed E-state index contributed by atoms with van der Waals surface area (Å²) in [6, 6.07) is 0. The number of hydrogen-bond acceptors (Lipinski definition) is 6. The molecular weight excluding hydrogens is 266 g/mol. The molecule has 1 aromatic rings. The van der Waals surface area contributed by atoms with Gasteiger partial charge in [0.2, 0.25) is 17.2 Å². The molecule has 1 aliphatic rings. The Hall–Kier alpha value is -1.14. The molecule has 0 aliphatic carbocycles. The van der Waals surface area contributed by atoms with E-state index in [-0.39, 0.29) is 11.9 Å². The number of aromatic nitrogens is 3. The third-order valence-electron chi connectivity index (χ3n) is 3.46. The molecule has 2 heterocycles. The Kier molecular flexibility index (Phi) is 4.76. The van der Waals surface area contributed by atoms with Crippen LogP contribution in [0.2, 0.25) is 5.28 Å². The predicted octanol–water partition coefficient (Wildman–Crippen LogP) is 1.19. The van der Waals surface area contributed by atoms with Crippen LogP contribution in [-0.2, 0) is 0 Å². The molecule has 106 valence electrons. The van der Waals surface area contributed by atoms with Crippen LogP contribution in [0, 0.1) is 5.92 Å². The first-order valence-corrected chi connectivity index (χ1v) is 7.08. The summed E-state index contributed by atoms with van der Waals surface area (Å²) in [7, 11) is 0. The lowest BCUT2D eigenvalue weighted by molar-refractivity contribution is 0.238. The van der Waals surface area contributed by atoms with Crippen LogP contribution in [0.1, 0.15) is 20.3 Å². The number of aliphatic hydroxyl groups excluding tert-OH is 1. The van der Waals surface area contributed by atoms with Crippen molar-refractivity contribution in [1.29, 1.82) is 0 Å². The van der Waals surface area contributed by atoms with Crippen LogP contribution in [0.4, 0.5) is 11.9 Å². The van der Waals surface area contributed by atoms with E-state index in [1.807, 2.05) is 4.90 Å². The fourth-order valence-electron chi connectivity index (χ4n) is 2.28. The molecule has 1 fully saturated rings. The highest BCUT2D eigenvalue weighted by atomic mass is 35.5. The van der Waals surface area contributed by atoms with E-state index in [1.165, 1.54) is 0 Å². The lowest BCUT2D eigenvalue weighted by atomic mass is 10.1. The van der Waals surface area contributed by atoms with Gasteiger partial charge in [0.05, 0.1) is 0 Å². The van der Waals surface area contributed by atoms with Gasteiger partial charge in [0.25, 0.3) is 0 Å². The van der Waals surface area contributed by atoms with Crippen LogP contribution >= 0.6 is 11.6 Å². The highest BCUT2D eigenvalue weighted by Gasteiger charge is 2.25. The molecule has 0 radical (unpaired) electrons. The highest BCUT2D eigenvalue weighted by Crippen LogP contribution is 2.23. The Labute approximate surface area is 118 Å². The second-order valence-corrected chi connectivity index (χ2v) is 5.00. The zero-order chi connectivity index (χ0) is 13.8. The maximum Gasteiger partial charge on any atom is 0.231 e. The first kappa shape index (κ1) is 14.3. The minimum absolute atomic E-state index is 0.207. The summed E-state index contributed by atoms with van der Waals surface area (Å²) >= 11 is 5.99.